The third-order valence-corrected chi connectivity index (χ3v) is 3.17. The Hall–Kier alpha value is -2.31. The van der Waals surface area contributed by atoms with Crippen molar-refractivity contribution in [2.75, 3.05) is 6.54 Å². The highest BCUT2D eigenvalue weighted by Gasteiger charge is 2.20. The van der Waals surface area contributed by atoms with Crippen molar-refractivity contribution < 1.29 is 9.18 Å². The van der Waals surface area contributed by atoms with Crippen molar-refractivity contribution >= 4 is 5.91 Å². The average molecular weight is 277 g/mol. The first-order valence-electron chi connectivity index (χ1n) is 6.37. The molecule has 0 aliphatic heterocycles. The largest absolute Gasteiger partial charge is 0.335 e. The molecule has 1 aromatic heterocycles. The molecule has 0 fully saturated rings. The SMILES string of the molecule is CCN(C(=O)Cn1cnnn1)C(C)c1ccc(F)cc1. The number of tetrazole rings is 1. The highest BCUT2D eigenvalue weighted by molar-refractivity contribution is 5.76. The molecule has 0 spiro atoms. The number of hydrogen-bond acceptors (Lipinski definition) is 4. The molecule has 0 saturated heterocycles. The summed E-state index contributed by atoms with van der Waals surface area (Å²) in [5.74, 6) is -0.374. The lowest BCUT2D eigenvalue weighted by atomic mass is 10.1. The van der Waals surface area contributed by atoms with Crippen LogP contribution in [-0.2, 0) is 11.3 Å². The number of halogens is 1. The quantitative estimate of drug-likeness (QED) is 0.829. The Labute approximate surface area is 116 Å². The van der Waals surface area contributed by atoms with Crippen molar-refractivity contribution in [2.45, 2.75) is 26.4 Å². The maximum atomic E-state index is 12.9. The zero-order valence-corrected chi connectivity index (χ0v) is 11.4. The molecule has 1 atom stereocenters. The van der Waals surface area contributed by atoms with Crippen LogP contribution in [0.15, 0.2) is 30.6 Å². The third kappa shape index (κ3) is 3.17. The Bertz CT molecular complexity index is 555. The maximum Gasteiger partial charge on any atom is 0.244 e. The van der Waals surface area contributed by atoms with Gasteiger partial charge < -0.3 is 4.90 Å². The Kier molecular flexibility index (Phi) is 4.39. The number of carbonyl (C=O) groups is 1. The van der Waals surface area contributed by atoms with Gasteiger partial charge in [-0.1, -0.05) is 12.1 Å². The number of carbonyl (C=O) groups excluding carboxylic acids is 1. The topological polar surface area (TPSA) is 63.9 Å². The molecule has 0 N–H and O–H groups in total. The van der Waals surface area contributed by atoms with Crippen LogP contribution in [0.1, 0.15) is 25.5 Å². The van der Waals surface area contributed by atoms with Crippen LogP contribution in [0.3, 0.4) is 0 Å². The van der Waals surface area contributed by atoms with Crippen molar-refractivity contribution in [1.82, 2.24) is 25.1 Å². The summed E-state index contributed by atoms with van der Waals surface area (Å²) in [5.41, 5.74) is 0.887. The number of hydrogen-bond donors (Lipinski definition) is 0. The fourth-order valence-electron chi connectivity index (χ4n) is 2.07. The molecular weight excluding hydrogens is 261 g/mol. The molecule has 1 unspecified atom stereocenters. The minimum absolute atomic E-state index is 0.0865. The van der Waals surface area contributed by atoms with Crippen LogP contribution in [0.5, 0.6) is 0 Å². The van der Waals surface area contributed by atoms with Crippen LogP contribution in [-0.4, -0.2) is 37.6 Å². The summed E-state index contributed by atoms with van der Waals surface area (Å²) in [6.07, 6.45) is 1.40. The highest BCUT2D eigenvalue weighted by Crippen LogP contribution is 2.20. The predicted octanol–water partition coefficient (Wildman–Crippen LogP) is 1.42. The first-order chi connectivity index (χ1) is 9.61. The molecular formula is C13H16FN5O. The van der Waals surface area contributed by atoms with Crippen molar-refractivity contribution in [3.05, 3.63) is 42.0 Å². The van der Waals surface area contributed by atoms with Gasteiger partial charge in [-0.2, -0.15) is 0 Å². The fraction of sp³-hybridized carbons (Fsp3) is 0.385. The molecule has 20 heavy (non-hydrogen) atoms. The molecule has 0 saturated carbocycles. The predicted molar refractivity (Wildman–Crippen MR) is 70.0 cm³/mol. The summed E-state index contributed by atoms with van der Waals surface area (Å²) in [4.78, 5) is 14.0. The number of benzene rings is 1. The van der Waals surface area contributed by atoms with Gasteiger partial charge in [-0.25, -0.2) is 9.07 Å². The zero-order valence-electron chi connectivity index (χ0n) is 11.4. The van der Waals surface area contributed by atoms with Crippen LogP contribution in [0.4, 0.5) is 4.39 Å². The van der Waals surface area contributed by atoms with Crippen LogP contribution in [0.2, 0.25) is 0 Å². The van der Waals surface area contributed by atoms with E-state index < -0.39 is 0 Å². The highest BCUT2D eigenvalue weighted by atomic mass is 19.1. The first-order valence-corrected chi connectivity index (χ1v) is 6.37. The monoisotopic (exact) mass is 277 g/mol. The molecule has 2 aromatic rings. The van der Waals surface area contributed by atoms with Gasteiger partial charge in [0.05, 0.1) is 6.04 Å². The maximum absolute atomic E-state index is 12.9. The standard InChI is InChI=1S/C13H16FN5O/c1-3-19(13(20)8-18-9-15-16-17-18)10(2)11-4-6-12(14)7-5-11/h4-7,9-10H,3,8H2,1-2H3. The molecule has 1 aromatic carbocycles. The normalized spacial score (nSPS) is 12.2. The number of nitrogens with zero attached hydrogens (tertiary/aromatic N) is 5. The molecule has 0 radical (unpaired) electrons. The fourth-order valence-corrected chi connectivity index (χ4v) is 2.07. The van der Waals surface area contributed by atoms with Gasteiger partial charge in [-0.15, -0.1) is 5.10 Å². The molecule has 0 bridgehead atoms. The molecule has 2 rings (SSSR count). The Morgan fingerprint density at radius 3 is 2.65 bits per heavy atom. The van der Waals surface area contributed by atoms with E-state index in [0.717, 1.165) is 5.56 Å². The van der Waals surface area contributed by atoms with Gasteiger partial charge in [-0.05, 0) is 42.0 Å². The molecule has 0 aliphatic rings. The number of rotatable bonds is 5. The second-order valence-corrected chi connectivity index (χ2v) is 4.41. The van der Waals surface area contributed by atoms with Gasteiger partial charge in [0.1, 0.15) is 18.7 Å². The van der Waals surface area contributed by atoms with E-state index in [0.29, 0.717) is 6.54 Å². The van der Waals surface area contributed by atoms with E-state index >= 15 is 0 Å². The van der Waals surface area contributed by atoms with Crippen LogP contribution in [0, 0.1) is 5.82 Å². The van der Waals surface area contributed by atoms with Crippen LogP contribution in [0.25, 0.3) is 0 Å². The van der Waals surface area contributed by atoms with Gasteiger partial charge in [0.15, 0.2) is 0 Å². The summed E-state index contributed by atoms with van der Waals surface area (Å²) in [5, 5.41) is 10.7. The number of likely N-dealkylation sites (N-methyl/N-ethyl adjacent to an activating group) is 1. The summed E-state index contributed by atoms with van der Waals surface area (Å²) < 4.78 is 14.3. The van der Waals surface area contributed by atoms with E-state index in [4.69, 9.17) is 0 Å². The lowest BCUT2D eigenvalue weighted by Crippen LogP contribution is -2.36. The lowest BCUT2D eigenvalue weighted by molar-refractivity contribution is -0.134. The van der Waals surface area contributed by atoms with E-state index in [1.165, 1.54) is 23.1 Å². The minimum atomic E-state index is -0.288. The summed E-state index contributed by atoms with van der Waals surface area (Å²) in [7, 11) is 0. The average Bonchev–Trinajstić information content (AvgIpc) is 2.93. The molecule has 106 valence electrons. The molecule has 0 aliphatic carbocycles. The van der Waals surface area contributed by atoms with Gasteiger partial charge in [0.2, 0.25) is 5.91 Å². The van der Waals surface area contributed by atoms with Crippen LogP contribution < -0.4 is 0 Å². The number of amides is 1. The second kappa shape index (κ2) is 6.23. The first kappa shape index (κ1) is 14.1. The smallest absolute Gasteiger partial charge is 0.244 e. The van der Waals surface area contributed by atoms with Crippen molar-refractivity contribution in [1.29, 1.82) is 0 Å². The summed E-state index contributed by atoms with van der Waals surface area (Å²) >= 11 is 0. The minimum Gasteiger partial charge on any atom is -0.335 e. The van der Waals surface area contributed by atoms with Crippen LogP contribution >= 0.6 is 0 Å². The molecule has 1 amide bonds. The Morgan fingerprint density at radius 1 is 1.40 bits per heavy atom. The van der Waals surface area contributed by atoms with Gasteiger partial charge in [-0.3, -0.25) is 4.79 Å². The second-order valence-electron chi connectivity index (χ2n) is 4.41. The van der Waals surface area contributed by atoms with Gasteiger partial charge in [0, 0.05) is 6.54 Å². The van der Waals surface area contributed by atoms with Gasteiger partial charge >= 0.3 is 0 Å². The third-order valence-electron chi connectivity index (χ3n) is 3.17. The van der Waals surface area contributed by atoms with Crippen molar-refractivity contribution in [3.63, 3.8) is 0 Å². The Balaban J connectivity index is 2.10. The van der Waals surface area contributed by atoms with E-state index in [1.807, 2.05) is 13.8 Å². The van der Waals surface area contributed by atoms with Gasteiger partial charge in [0.25, 0.3) is 0 Å². The summed E-state index contributed by atoms with van der Waals surface area (Å²) in [6.45, 7) is 4.46. The van der Waals surface area contributed by atoms with Crippen molar-refractivity contribution in [2.24, 2.45) is 0 Å². The summed E-state index contributed by atoms with van der Waals surface area (Å²) in [6, 6.07) is 6.03. The lowest BCUT2D eigenvalue weighted by Gasteiger charge is -2.28. The zero-order chi connectivity index (χ0) is 14.5. The molecule has 1 heterocycles. The van der Waals surface area contributed by atoms with E-state index in [1.54, 1.807) is 17.0 Å². The molecule has 7 heteroatoms. The number of aromatic nitrogens is 4. The Morgan fingerprint density at radius 2 is 2.10 bits per heavy atom. The molecule has 6 nitrogen and oxygen atoms in total. The van der Waals surface area contributed by atoms with Crippen molar-refractivity contribution in [3.8, 4) is 0 Å². The van der Waals surface area contributed by atoms with E-state index in [2.05, 4.69) is 15.5 Å². The van der Waals surface area contributed by atoms with E-state index in [9.17, 15) is 9.18 Å². The van der Waals surface area contributed by atoms with E-state index in [-0.39, 0.29) is 24.3 Å².